The summed E-state index contributed by atoms with van der Waals surface area (Å²) in [5.74, 6) is 0.110. The van der Waals surface area contributed by atoms with Crippen LogP contribution in [-0.4, -0.2) is 0 Å². The van der Waals surface area contributed by atoms with Gasteiger partial charge in [0.25, 0.3) is 0 Å². The van der Waals surface area contributed by atoms with E-state index in [1.54, 1.807) is 0 Å². The molecule has 0 nitrogen and oxygen atoms in total. The zero-order valence-corrected chi connectivity index (χ0v) is 18.2. The molecule has 4 unspecified atom stereocenters. The second-order valence-corrected chi connectivity index (χ2v) is 9.87. The van der Waals surface area contributed by atoms with E-state index >= 15 is 0 Å². The molecule has 2 aliphatic rings. The number of halogens is 3. The van der Waals surface area contributed by atoms with Crippen molar-refractivity contribution in [1.82, 2.24) is 0 Å². The normalized spacial score (nSPS) is 26.7. The lowest BCUT2D eigenvalue weighted by Crippen LogP contribution is -2.30. The molecule has 0 aliphatic heterocycles. The van der Waals surface area contributed by atoms with Gasteiger partial charge in [0.1, 0.15) is 5.82 Å². The van der Waals surface area contributed by atoms with Crippen LogP contribution < -0.4 is 0 Å². The van der Waals surface area contributed by atoms with Crippen LogP contribution in [0.2, 0.25) is 0 Å². The molecule has 0 amide bonds. The second-order valence-electron chi connectivity index (χ2n) is 9.87. The summed E-state index contributed by atoms with van der Waals surface area (Å²) < 4.78 is 42.1. The van der Waals surface area contributed by atoms with Gasteiger partial charge in [-0.05, 0) is 78.9 Å². The van der Waals surface area contributed by atoms with Crippen molar-refractivity contribution < 1.29 is 13.2 Å². The van der Waals surface area contributed by atoms with Gasteiger partial charge in [0, 0.05) is 0 Å². The fourth-order valence-electron chi connectivity index (χ4n) is 6.19. The molecule has 2 aromatic carbocycles. The van der Waals surface area contributed by atoms with Crippen LogP contribution in [0.15, 0.2) is 24.3 Å². The summed E-state index contributed by atoms with van der Waals surface area (Å²) in [5, 5.41) is 0.254. The Hall–Kier alpha value is -1.51. The maximum atomic E-state index is 14.6. The molecule has 30 heavy (non-hydrogen) atoms. The molecule has 4 rings (SSSR count). The van der Waals surface area contributed by atoms with Crippen molar-refractivity contribution in [2.24, 2.45) is 17.8 Å². The first-order valence-corrected chi connectivity index (χ1v) is 12.1. The van der Waals surface area contributed by atoms with Crippen LogP contribution in [0.1, 0.15) is 95.5 Å². The van der Waals surface area contributed by atoms with Crippen LogP contribution in [0.3, 0.4) is 0 Å². The Labute approximate surface area is 179 Å². The van der Waals surface area contributed by atoms with Crippen molar-refractivity contribution in [2.45, 2.75) is 89.9 Å². The topological polar surface area (TPSA) is 0 Å². The number of benzene rings is 2. The van der Waals surface area contributed by atoms with Crippen LogP contribution in [0, 0.1) is 35.2 Å². The second kappa shape index (κ2) is 9.75. The van der Waals surface area contributed by atoms with E-state index < -0.39 is 17.5 Å². The summed E-state index contributed by atoms with van der Waals surface area (Å²) in [4.78, 5) is 0. The van der Waals surface area contributed by atoms with Crippen molar-refractivity contribution in [3.8, 4) is 0 Å². The average Bonchev–Trinajstić information content (AvgIpc) is 2.75. The summed E-state index contributed by atoms with van der Waals surface area (Å²) in [6.07, 6.45) is 15.7. The molecule has 3 heteroatoms. The minimum Gasteiger partial charge on any atom is -0.206 e. The Morgan fingerprint density at radius 2 is 1.57 bits per heavy atom. The highest BCUT2D eigenvalue weighted by molar-refractivity contribution is 5.84. The van der Waals surface area contributed by atoms with Crippen LogP contribution in [-0.2, 0) is 0 Å². The molecule has 4 atom stereocenters. The largest absolute Gasteiger partial charge is 0.206 e. The van der Waals surface area contributed by atoms with Gasteiger partial charge in [-0.25, -0.2) is 13.2 Å². The first kappa shape index (κ1) is 21.7. The van der Waals surface area contributed by atoms with E-state index in [9.17, 15) is 13.2 Å². The molecule has 0 N–H and O–H groups in total. The Morgan fingerprint density at radius 3 is 2.40 bits per heavy atom. The van der Waals surface area contributed by atoms with Gasteiger partial charge in [-0.2, -0.15) is 0 Å². The van der Waals surface area contributed by atoms with Gasteiger partial charge in [-0.1, -0.05) is 64.0 Å². The van der Waals surface area contributed by atoms with Gasteiger partial charge < -0.3 is 0 Å². The minimum atomic E-state index is -1.08. The highest BCUT2D eigenvalue weighted by atomic mass is 19.2. The van der Waals surface area contributed by atoms with E-state index in [1.807, 2.05) is 6.07 Å². The first-order valence-electron chi connectivity index (χ1n) is 12.1. The smallest absolute Gasteiger partial charge is 0.169 e. The molecular weight excluding hydrogens is 381 g/mol. The van der Waals surface area contributed by atoms with E-state index in [4.69, 9.17) is 0 Å². The highest BCUT2D eigenvalue weighted by Gasteiger charge is 2.36. The van der Waals surface area contributed by atoms with Gasteiger partial charge in [0.15, 0.2) is 11.6 Å². The summed E-state index contributed by atoms with van der Waals surface area (Å²) >= 11 is 0. The van der Waals surface area contributed by atoms with Crippen LogP contribution in [0.4, 0.5) is 13.2 Å². The molecule has 0 bridgehead atoms. The molecule has 164 valence electrons. The predicted octanol–water partition coefficient (Wildman–Crippen LogP) is 8.92. The average molecular weight is 417 g/mol. The van der Waals surface area contributed by atoms with E-state index in [-0.39, 0.29) is 5.39 Å². The Balaban J connectivity index is 1.37. The fourth-order valence-corrected chi connectivity index (χ4v) is 6.19. The molecule has 2 aliphatic carbocycles. The third-order valence-corrected chi connectivity index (χ3v) is 7.89. The third kappa shape index (κ3) is 4.70. The number of hydrogen-bond acceptors (Lipinski definition) is 0. The number of fused-ring (bicyclic) bond motifs is 2. The quantitative estimate of drug-likeness (QED) is 0.395. The fraction of sp³-hybridized carbons (Fsp3) is 0.630. The van der Waals surface area contributed by atoms with Crippen molar-refractivity contribution in [3.63, 3.8) is 0 Å². The Bertz CT molecular complexity index is 859. The Morgan fingerprint density at radius 1 is 0.800 bits per heavy atom. The number of rotatable bonds is 7. The Kier molecular flexibility index (Phi) is 7.05. The van der Waals surface area contributed by atoms with Gasteiger partial charge in [0.2, 0.25) is 0 Å². The molecule has 0 aromatic heterocycles. The molecule has 2 saturated carbocycles. The summed E-state index contributed by atoms with van der Waals surface area (Å²) in [6, 6.07) is 5.94. The standard InChI is InChI=1S/C27H35F3/c1-2-3-4-5-6-7-18-8-9-20-15-21(11-10-19(20)14-18)23-16-22-12-13-24(28)27(30)26(22)25(29)17-23/h12-13,16-21H,2-11,14-15H2,1H3. The van der Waals surface area contributed by atoms with Crippen LogP contribution in [0.5, 0.6) is 0 Å². The lowest BCUT2D eigenvalue weighted by atomic mass is 9.63. The summed E-state index contributed by atoms with van der Waals surface area (Å²) in [7, 11) is 0. The highest BCUT2D eigenvalue weighted by Crippen LogP contribution is 2.48. The minimum absolute atomic E-state index is 0.216. The van der Waals surface area contributed by atoms with Gasteiger partial charge >= 0.3 is 0 Å². The van der Waals surface area contributed by atoms with E-state index in [0.717, 1.165) is 42.2 Å². The predicted molar refractivity (Wildman–Crippen MR) is 118 cm³/mol. The van der Waals surface area contributed by atoms with E-state index in [0.29, 0.717) is 11.3 Å². The van der Waals surface area contributed by atoms with Crippen molar-refractivity contribution in [2.75, 3.05) is 0 Å². The number of hydrogen-bond donors (Lipinski definition) is 0. The van der Waals surface area contributed by atoms with Gasteiger partial charge in [0.05, 0.1) is 5.39 Å². The molecule has 0 heterocycles. The lowest BCUT2D eigenvalue weighted by Gasteiger charge is -2.42. The van der Waals surface area contributed by atoms with E-state index in [2.05, 4.69) is 6.92 Å². The van der Waals surface area contributed by atoms with Gasteiger partial charge in [-0.3, -0.25) is 0 Å². The van der Waals surface area contributed by atoms with Crippen molar-refractivity contribution in [3.05, 3.63) is 47.3 Å². The number of unbranched alkanes of at least 4 members (excludes halogenated alkanes) is 4. The van der Waals surface area contributed by atoms with Crippen molar-refractivity contribution >= 4 is 10.8 Å². The van der Waals surface area contributed by atoms with Crippen molar-refractivity contribution in [1.29, 1.82) is 0 Å². The van der Waals surface area contributed by atoms with Gasteiger partial charge in [-0.15, -0.1) is 0 Å². The molecule has 2 aromatic rings. The SMILES string of the molecule is CCCCCCCC1CCC2CC(c3cc(F)c4c(F)c(F)ccc4c3)CCC2C1. The monoisotopic (exact) mass is 416 g/mol. The molecule has 0 radical (unpaired) electrons. The molecular formula is C27H35F3. The van der Waals surface area contributed by atoms with E-state index in [1.165, 1.54) is 76.3 Å². The maximum Gasteiger partial charge on any atom is 0.169 e. The lowest BCUT2D eigenvalue weighted by molar-refractivity contribution is 0.113. The molecule has 2 fully saturated rings. The van der Waals surface area contributed by atoms with Crippen LogP contribution >= 0.6 is 0 Å². The zero-order chi connectivity index (χ0) is 21.1. The maximum absolute atomic E-state index is 14.6. The zero-order valence-electron chi connectivity index (χ0n) is 18.2. The third-order valence-electron chi connectivity index (χ3n) is 7.89. The van der Waals surface area contributed by atoms with Crippen LogP contribution in [0.25, 0.3) is 10.8 Å². The summed E-state index contributed by atoms with van der Waals surface area (Å²) in [5.41, 5.74) is 0.961. The summed E-state index contributed by atoms with van der Waals surface area (Å²) in [6.45, 7) is 2.27. The molecule has 0 saturated heterocycles. The first-order chi connectivity index (χ1) is 14.6. The molecule has 0 spiro atoms.